The number of ether oxygens (including phenoxy) is 1. The summed E-state index contributed by atoms with van der Waals surface area (Å²) in [6.45, 7) is 0. The van der Waals surface area contributed by atoms with Gasteiger partial charge in [-0.1, -0.05) is 6.07 Å². The van der Waals surface area contributed by atoms with Crippen LogP contribution in [0.5, 0.6) is 17.2 Å². The maximum absolute atomic E-state index is 12.0. The van der Waals surface area contributed by atoms with Crippen molar-refractivity contribution in [2.75, 3.05) is 0 Å². The van der Waals surface area contributed by atoms with Gasteiger partial charge in [0.2, 0.25) is 5.78 Å². The third-order valence-electron chi connectivity index (χ3n) is 2.55. The molecule has 0 saturated carbocycles. The highest BCUT2D eigenvalue weighted by atomic mass is 32.1. The van der Waals surface area contributed by atoms with Crippen molar-refractivity contribution in [1.29, 1.82) is 0 Å². The molecule has 2 heterocycles. The lowest BCUT2D eigenvalue weighted by Gasteiger charge is -1.99. The van der Waals surface area contributed by atoms with E-state index in [2.05, 4.69) is 0 Å². The van der Waals surface area contributed by atoms with E-state index in [0.717, 1.165) is 10.9 Å². The van der Waals surface area contributed by atoms with Crippen molar-refractivity contribution in [1.82, 2.24) is 0 Å². The molecule has 0 atom stereocenters. The molecule has 1 aromatic carbocycles. The fourth-order valence-corrected chi connectivity index (χ4v) is 2.43. The van der Waals surface area contributed by atoms with Gasteiger partial charge in [0.15, 0.2) is 5.76 Å². The van der Waals surface area contributed by atoms with Crippen LogP contribution < -0.4 is 4.74 Å². The molecule has 5 heteroatoms. The highest BCUT2D eigenvalue weighted by molar-refractivity contribution is 7.10. The zero-order chi connectivity index (χ0) is 12.7. The molecule has 0 amide bonds. The fraction of sp³-hybridized carbons (Fsp3) is 0. The van der Waals surface area contributed by atoms with E-state index in [-0.39, 0.29) is 34.4 Å². The molecule has 2 aromatic rings. The highest BCUT2D eigenvalue weighted by Crippen LogP contribution is 2.40. The summed E-state index contributed by atoms with van der Waals surface area (Å²) in [6, 6.07) is 6.15. The van der Waals surface area contributed by atoms with Gasteiger partial charge in [0.05, 0.1) is 0 Å². The number of fused-ring (bicyclic) bond motifs is 1. The van der Waals surface area contributed by atoms with Gasteiger partial charge in [0.1, 0.15) is 22.8 Å². The number of benzene rings is 1. The molecule has 4 nitrogen and oxygen atoms in total. The monoisotopic (exact) mass is 260 g/mol. The summed E-state index contributed by atoms with van der Waals surface area (Å²) >= 11 is 1.48. The molecule has 3 rings (SSSR count). The molecule has 18 heavy (non-hydrogen) atoms. The van der Waals surface area contributed by atoms with E-state index in [0.29, 0.717) is 0 Å². The van der Waals surface area contributed by atoms with Gasteiger partial charge in [0.25, 0.3) is 0 Å². The van der Waals surface area contributed by atoms with Crippen molar-refractivity contribution in [2.45, 2.75) is 0 Å². The van der Waals surface area contributed by atoms with E-state index in [1.165, 1.54) is 17.4 Å². The quantitative estimate of drug-likeness (QED) is 0.774. The molecule has 0 bridgehead atoms. The van der Waals surface area contributed by atoms with E-state index in [1.54, 1.807) is 6.08 Å². The Hall–Kier alpha value is -2.27. The van der Waals surface area contributed by atoms with Crippen LogP contribution in [0.2, 0.25) is 0 Å². The van der Waals surface area contributed by atoms with E-state index in [1.807, 2.05) is 17.5 Å². The van der Waals surface area contributed by atoms with E-state index in [9.17, 15) is 15.0 Å². The van der Waals surface area contributed by atoms with Gasteiger partial charge in [-0.15, -0.1) is 11.3 Å². The Labute approximate surface area is 106 Å². The molecule has 90 valence electrons. The van der Waals surface area contributed by atoms with Crippen LogP contribution in [0.4, 0.5) is 0 Å². The van der Waals surface area contributed by atoms with Gasteiger partial charge < -0.3 is 14.9 Å². The lowest BCUT2D eigenvalue weighted by molar-refractivity contribution is 0.101. The maximum Gasteiger partial charge on any atom is 0.235 e. The first-order chi connectivity index (χ1) is 8.65. The number of aromatic hydroxyl groups is 2. The van der Waals surface area contributed by atoms with Crippen molar-refractivity contribution >= 4 is 23.2 Å². The first-order valence-corrected chi connectivity index (χ1v) is 6.07. The standard InChI is InChI=1S/C13H8O4S/c14-7-4-9(15)12-10(5-7)17-11(13(12)16)6-8-2-1-3-18-8/h1-6,14-15H/b11-6-. The van der Waals surface area contributed by atoms with Gasteiger partial charge in [0, 0.05) is 23.1 Å². The van der Waals surface area contributed by atoms with Crippen molar-refractivity contribution in [3.8, 4) is 17.2 Å². The summed E-state index contributed by atoms with van der Waals surface area (Å²) in [4.78, 5) is 12.9. The van der Waals surface area contributed by atoms with Gasteiger partial charge >= 0.3 is 0 Å². The maximum atomic E-state index is 12.0. The fourth-order valence-electron chi connectivity index (χ4n) is 1.78. The number of phenols is 2. The molecular formula is C13H8O4S. The molecule has 0 fully saturated rings. The van der Waals surface area contributed by atoms with Crippen molar-refractivity contribution < 1.29 is 19.7 Å². The lowest BCUT2D eigenvalue weighted by atomic mass is 10.1. The summed E-state index contributed by atoms with van der Waals surface area (Å²) in [5.74, 6) is -0.467. The van der Waals surface area contributed by atoms with Crippen molar-refractivity contribution in [3.63, 3.8) is 0 Å². The number of ketones is 1. The van der Waals surface area contributed by atoms with Gasteiger partial charge in [-0.05, 0) is 11.4 Å². The van der Waals surface area contributed by atoms with Crippen LogP contribution in [0.3, 0.4) is 0 Å². The Morgan fingerprint density at radius 2 is 2.11 bits per heavy atom. The Morgan fingerprint density at radius 1 is 1.28 bits per heavy atom. The zero-order valence-corrected chi connectivity index (χ0v) is 9.90. The van der Waals surface area contributed by atoms with Crippen LogP contribution in [0, 0.1) is 0 Å². The molecule has 0 radical (unpaired) electrons. The summed E-state index contributed by atoms with van der Waals surface area (Å²) in [5, 5.41) is 20.9. The minimum absolute atomic E-state index is 0.0932. The summed E-state index contributed by atoms with van der Waals surface area (Å²) in [5.41, 5.74) is 0.0932. The average molecular weight is 260 g/mol. The molecule has 0 aliphatic carbocycles. The second-order valence-electron chi connectivity index (χ2n) is 3.79. The normalized spacial score (nSPS) is 15.8. The van der Waals surface area contributed by atoms with E-state index in [4.69, 9.17) is 4.74 Å². The van der Waals surface area contributed by atoms with Gasteiger partial charge in [-0.3, -0.25) is 4.79 Å². The Kier molecular flexibility index (Phi) is 2.34. The number of carbonyl (C=O) groups is 1. The summed E-state index contributed by atoms with van der Waals surface area (Å²) in [7, 11) is 0. The van der Waals surface area contributed by atoms with Crippen LogP contribution in [-0.2, 0) is 0 Å². The number of hydrogen-bond donors (Lipinski definition) is 2. The van der Waals surface area contributed by atoms with Crippen molar-refractivity contribution in [3.05, 3.63) is 45.8 Å². The number of rotatable bonds is 1. The Morgan fingerprint density at radius 3 is 2.83 bits per heavy atom. The minimum atomic E-state index is -0.379. The highest BCUT2D eigenvalue weighted by Gasteiger charge is 2.31. The topological polar surface area (TPSA) is 66.8 Å². The molecule has 2 N–H and O–H groups in total. The lowest BCUT2D eigenvalue weighted by Crippen LogP contribution is -1.97. The van der Waals surface area contributed by atoms with Crippen LogP contribution in [-0.4, -0.2) is 16.0 Å². The molecule has 0 saturated heterocycles. The number of phenolic OH excluding ortho intramolecular Hbond substituents is 2. The SMILES string of the molecule is O=C1/C(=C/c2cccs2)Oc2cc(O)cc(O)c21. The van der Waals surface area contributed by atoms with Crippen molar-refractivity contribution in [2.24, 2.45) is 0 Å². The number of thiophene rings is 1. The Balaban J connectivity index is 2.07. The zero-order valence-electron chi connectivity index (χ0n) is 9.08. The predicted molar refractivity (Wildman–Crippen MR) is 67.0 cm³/mol. The molecule has 0 unspecified atom stereocenters. The van der Waals surface area contributed by atoms with Crippen LogP contribution in [0.15, 0.2) is 35.4 Å². The van der Waals surface area contributed by atoms with Crippen LogP contribution in [0.25, 0.3) is 6.08 Å². The smallest absolute Gasteiger partial charge is 0.235 e. The van der Waals surface area contributed by atoms with E-state index < -0.39 is 0 Å². The van der Waals surface area contributed by atoms with E-state index >= 15 is 0 Å². The summed E-state index contributed by atoms with van der Waals surface area (Å²) in [6.07, 6.45) is 1.61. The molecular weight excluding hydrogens is 252 g/mol. The Bertz CT molecular complexity index is 656. The number of hydrogen-bond acceptors (Lipinski definition) is 5. The van der Waals surface area contributed by atoms with Crippen LogP contribution in [0.1, 0.15) is 15.2 Å². The third kappa shape index (κ3) is 1.65. The minimum Gasteiger partial charge on any atom is -0.508 e. The number of carbonyl (C=O) groups excluding carboxylic acids is 1. The largest absolute Gasteiger partial charge is 0.508 e. The predicted octanol–water partition coefficient (Wildman–Crippen LogP) is 2.78. The molecule has 1 aliphatic rings. The van der Waals surface area contributed by atoms with Gasteiger partial charge in [-0.25, -0.2) is 0 Å². The average Bonchev–Trinajstić information content (AvgIpc) is 2.88. The molecule has 1 aromatic heterocycles. The second kappa shape index (κ2) is 3.89. The van der Waals surface area contributed by atoms with Gasteiger partial charge in [-0.2, -0.15) is 0 Å². The third-order valence-corrected chi connectivity index (χ3v) is 3.37. The van der Waals surface area contributed by atoms with Crippen LogP contribution >= 0.6 is 11.3 Å². The first-order valence-electron chi connectivity index (χ1n) is 5.19. The first kappa shape index (κ1) is 10.9. The molecule has 1 aliphatic heterocycles. The summed E-state index contributed by atoms with van der Waals surface area (Å²) < 4.78 is 5.35. The molecule has 0 spiro atoms. The number of allylic oxidation sites excluding steroid dienone is 1. The second-order valence-corrected chi connectivity index (χ2v) is 4.77. The number of Topliss-reactive ketones (excluding diaryl/α,β-unsaturated/α-hetero) is 1.